The van der Waals surface area contributed by atoms with Crippen molar-refractivity contribution in [2.24, 2.45) is 5.92 Å². The molecule has 0 atom stereocenters. The third-order valence-electron chi connectivity index (χ3n) is 6.13. The van der Waals surface area contributed by atoms with Crippen LogP contribution in [0.2, 0.25) is 0 Å². The molecule has 0 radical (unpaired) electrons. The number of carbonyl (C=O) groups excluding carboxylic acids is 2. The van der Waals surface area contributed by atoms with E-state index in [2.05, 4.69) is 17.6 Å². The standard InChI is InChI=1S/C27H29N3O4S/c1-20-15-17-30(18-16-20)35(33,34)25-13-11-24(12-14-25)29-27(32)22-7-9-23(10-8-22)28-26(31)19-21-5-3-2-4-6-21/h2-14,20H,15-19H2,1H3,(H,28,31)(H,29,32). The average Bonchev–Trinajstić information content (AvgIpc) is 2.85. The van der Waals surface area contributed by atoms with Gasteiger partial charge in [0, 0.05) is 30.0 Å². The van der Waals surface area contributed by atoms with Crippen LogP contribution in [0.1, 0.15) is 35.7 Å². The Balaban J connectivity index is 1.33. The summed E-state index contributed by atoms with van der Waals surface area (Å²) in [6.45, 7) is 3.20. The molecule has 0 unspecified atom stereocenters. The van der Waals surface area contributed by atoms with Gasteiger partial charge in [-0.05, 0) is 72.9 Å². The minimum absolute atomic E-state index is 0.137. The molecule has 7 nitrogen and oxygen atoms in total. The fourth-order valence-electron chi connectivity index (χ4n) is 3.98. The molecule has 1 saturated heterocycles. The van der Waals surface area contributed by atoms with E-state index in [9.17, 15) is 18.0 Å². The molecule has 2 amide bonds. The summed E-state index contributed by atoms with van der Waals surface area (Å²) in [7, 11) is -3.53. The van der Waals surface area contributed by atoms with Gasteiger partial charge in [-0.1, -0.05) is 37.3 Å². The molecule has 3 aromatic rings. The van der Waals surface area contributed by atoms with Crippen LogP contribution in [-0.4, -0.2) is 37.6 Å². The number of carbonyl (C=O) groups is 2. The number of sulfonamides is 1. The van der Waals surface area contributed by atoms with Crippen molar-refractivity contribution in [2.45, 2.75) is 31.1 Å². The molecule has 0 saturated carbocycles. The van der Waals surface area contributed by atoms with E-state index in [1.165, 1.54) is 16.4 Å². The molecule has 1 fully saturated rings. The predicted molar refractivity (Wildman–Crippen MR) is 137 cm³/mol. The summed E-state index contributed by atoms with van der Waals surface area (Å²) >= 11 is 0. The van der Waals surface area contributed by atoms with E-state index in [0.29, 0.717) is 35.9 Å². The Morgan fingerprint density at radius 2 is 1.40 bits per heavy atom. The molecular weight excluding hydrogens is 462 g/mol. The molecule has 0 bridgehead atoms. The van der Waals surface area contributed by atoms with E-state index in [4.69, 9.17) is 0 Å². The number of hydrogen-bond donors (Lipinski definition) is 2. The monoisotopic (exact) mass is 491 g/mol. The van der Waals surface area contributed by atoms with Gasteiger partial charge in [0.25, 0.3) is 5.91 Å². The van der Waals surface area contributed by atoms with Gasteiger partial charge >= 0.3 is 0 Å². The molecule has 8 heteroatoms. The van der Waals surface area contributed by atoms with Gasteiger partial charge in [-0.2, -0.15) is 4.31 Å². The summed E-state index contributed by atoms with van der Waals surface area (Å²) in [5.74, 6) is 0.0777. The van der Waals surface area contributed by atoms with Crippen LogP contribution in [0.25, 0.3) is 0 Å². The van der Waals surface area contributed by atoms with Crippen molar-refractivity contribution >= 4 is 33.2 Å². The first-order valence-corrected chi connectivity index (χ1v) is 13.1. The lowest BCUT2D eigenvalue weighted by atomic mass is 10.0. The van der Waals surface area contributed by atoms with Crippen LogP contribution in [0.5, 0.6) is 0 Å². The van der Waals surface area contributed by atoms with Crippen molar-refractivity contribution in [3.63, 3.8) is 0 Å². The van der Waals surface area contributed by atoms with Crippen LogP contribution in [0.3, 0.4) is 0 Å². The topological polar surface area (TPSA) is 95.6 Å². The molecule has 0 aromatic heterocycles. The number of nitrogens with zero attached hydrogens (tertiary/aromatic N) is 1. The van der Waals surface area contributed by atoms with Crippen molar-refractivity contribution in [1.82, 2.24) is 4.31 Å². The van der Waals surface area contributed by atoms with E-state index in [1.54, 1.807) is 36.4 Å². The second-order valence-corrected chi connectivity index (χ2v) is 10.8. The molecular formula is C27H29N3O4S. The van der Waals surface area contributed by atoms with Crippen molar-refractivity contribution in [3.05, 3.63) is 90.0 Å². The summed E-state index contributed by atoms with van der Waals surface area (Å²) in [5, 5.41) is 5.60. The predicted octanol–water partition coefficient (Wildman–Crippen LogP) is 4.54. The maximum Gasteiger partial charge on any atom is 0.255 e. The highest BCUT2D eigenvalue weighted by atomic mass is 32.2. The molecule has 1 aliphatic heterocycles. The van der Waals surface area contributed by atoms with Crippen molar-refractivity contribution in [2.75, 3.05) is 23.7 Å². The maximum absolute atomic E-state index is 12.9. The lowest BCUT2D eigenvalue weighted by Gasteiger charge is -2.29. The zero-order valence-corrected chi connectivity index (χ0v) is 20.4. The van der Waals surface area contributed by atoms with Crippen molar-refractivity contribution < 1.29 is 18.0 Å². The highest BCUT2D eigenvalue weighted by molar-refractivity contribution is 7.89. The zero-order valence-electron chi connectivity index (χ0n) is 19.6. The van der Waals surface area contributed by atoms with Gasteiger partial charge in [0.2, 0.25) is 15.9 Å². The molecule has 35 heavy (non-hydrogen) atoms. The van der Waals surface area contributed by atoms with Gasteiger partial charge in [-0.15, -0.1) is 0 Å². The minimum Gasteiger partial charge on any atom is -0.326 e. The van der Waals surface area contributed by atoms with Crippen LogP contribution in [-0.2, 0) is 21.2 Å². The zero-order chi connectivity index (χ0) is 24.8. The van der Waals surface area contributed by atoms with E-state index in [0.717, 1.165) is 18.4 Å². The molecule has 182 valence electrons. The van der Waals surface area contributed by atoms with Gasteiger partial charge in [0.05, 0.1) is 11.3 Å². The summed E-state index contributed by atoms with van der Waals surface area (Å²) in [6.07, 6.45) is 2.00. The van der Waals surface area contributed by atoms with Gasteiger partial charge in [-0.25, -0.2) is 8.42 Å². The number of nitrogens with one attached hydrogen (secondary N) is 2. The van der Waals surface area contributed by atoms with Crippen LogP contribution >= 0.6 is 0 Å². The minimum atomic E-state index is -3.53. The average molecular weight is 492 g/mol. The lowest BCUT2D eigenvalue weighted by molar-refractivity contribution is -0.115. The Morgan fingerprint density at radius 3 is 2.03 bits per heavy atom. The second-order valence-electron chi connectivity index (χ2n) is 8.85. The van der Waals surface area contributed by atoms with Crippen molar-refractivity contribution in [1.29, 1.82) is 0 Å². The normalized spacial score (nSPS) is 14.9. The Labute approximate surface area is 206 Å². The molecule has 0 spiro atoms. The molecule has 1 heterocycles. The molecule has 1 aliphatic rings. The highest BCUT2D eigenvalue weighted by Gasteiger charge is 2.27. The van der Waals surface area contributed by atoms with Gasteiger partial charge < -0.3 is 10.6 Å². The van der Waals surface area contributed by atoms with Crippen LogP contribution < -0.4 is 10.6 Å². The number of hydrogen-bond acceptors (Lipinski definition) is 4. The van der Waals surface area contributed by atoms with Gasteiger partial charge in [0.1, 0.15) is 0 Å². The van der Waals surface area contributed by atoms with Crippen LogP contribution in [0, 0.1) is 5.92 Å². The first-order valence-electron chi connectivity index (χ1n) is 11.7. The Kier molecular flexibility index (Phi) is 7.63. The largest absolute Gasteiger partial charge is 0.326 e. The highest BCUT2D eigenvalue weighted by Crippen LogP contribution is 2.24. The number of anilines is 2. The molecule has 3 aromatic carbocycles. The van der Waals surface area contributed by atoms with Gasteiger partial charge in [-0.3, -0.25) is 9.59 Å². The van der Waals surface area contributed by atoms with E-state index >= 15 is 0 Å². The summed E-state index contributed by atoms with van der Waals surface area (Å²) < 4.78 is 27.3. The smallest absolute Gasteiger partial charge is 0.255 e. The first kappa shape index (κ1) is 24.6. The summed E-state index contributed by atoms with van der Waals surface area (Å²) in [4.78, 5) is 25.1. The summed E-state index contributed by atoms with van der Waals surface area (Å²) in [5.41, 5.74) is 2.45. The van der Waals surface area contributed by atoms with Crippen LogP contribution in [0.15, 0.2) is 83.8 Å². The lowest BCUT2D eigenvalue weighted by Crippen LogP contribution is -2.37. The van der Waals surface area contributed by atoms with Crippen LogP contribution in [0.4, 0.5) is 11.4 Å². The number of rotatable bonds is 7. The van der Waals surface area contributed by atoms with Crippen molar-refractivity contribution in [3.8, 4) is 0 Å². The SMILES string of the molecule is CC1CCN(S(=O)(=O)c2ccc(NC(=O)c3ccc(NC(=O)Cc4ccccc4)cc3)cc2)CC1. The third-order valence-corrected chi connectivity index (χ3v) is 8.04. The Morgan fingerprint density at radius 1 is 0.829 bits per heavy atom. The summed E-state index contributed by atoms with van der Waals surface area (Å²) in [6, 6.07) is 22.3. The maximum atomic E-state index is 12.9. The third kappa shape index (κ3) is 6.35. The first-order chi connectivity index (χ1) is 16.8. The fourth-order valence-corrected chi connectivity index (χ4v) is 5.45. The van der Waals surface area contributed by atoms with E-state index in [-0.39, 0.29) is 23.1 Å². The Hall–Kier alpha value is -3.49. The fraction of sp³-hybridized carbons (Fsp3) is 0.259. The number of piperidine rings is 1. The van der Waals surface area contributed by atoms with E-state index < -0.39 is 10.0 Å². The molecule has 2 N–H and O–H groups in total. The number of amides is 2. The van der Waals surface area contributed by atoms with E-state index in [1.807, 2.05) is 30.3 Å². The second kappa shape index (κ2) is 10.8. The number of benzene rings is 3. The molecule has 0 aliphatic carbocycles. The molecule has 4 rings (SSSR count). The Bertz CT molecular complexity index is 1270. The van der Waals surface area contributed by atoms with Gasteiger partial charge in [0.15, 0.2) is 0 Å². The quantitative estimate of drug-likeness (QED) is 0.507.